The van der Waals surface area contributed by atoms with E-state index in [1.165, 1.54) is 0 Å². The van der Waals surface area contributed by atoms with Crippen LogP contribution in [0.2, 0.25) is 0 Å². The lowest BCUT2D eigenvalue weighted by molar-refractivity contribution is 0.337. The summed E-state index contributed by atoms with van der Waals surface area (Å²) in [5, 5.41) is 0. The van der Waals surface area contributed by atoms with Crippen LogP contribution in [0.1, 0.15) is 12.5 Å². The second-order valence-corrected chi connectivity index (χ2v) is 6.02. The van der Waals surface area contributed by atoms with Crippen molar-refractivity contribution in [2.45, 2.75) is 18.4 Å². The molecule has 0 aromatic heterocycles. The van der Waals surface area contributed by atoms with Gasteiger partial charge in [-0.2, -0.15) is 0 Å². The molecular formula is C11H18N2O2S. The van der Waals surface area contributed by atoms with E-state index in [9.17, 15) is 8.42 Å². The Balaban J connectivity index is 2.84. The molecule has 0 aliphatic rings. The molecule has 0 aliphatic heterocycles. The van der Waals surface area contributed by atoms with Crippen LogP contribution < -0.4 is 5.73 Å². The maximum atomic E-state index is 11.6. The van der Waals surface area contributed by atoms with Crippen molar-refractivity contribution in [1.82, 2.24) is 4.90 Å². The molecule has 1 aromatic carbocycles. The minimum Gasteiger partial charge on any atom is -0.318 e. The van der Waals surface area contributed by atoms with E-state index in [1.54, 1.807) is 19.1 Å². The van der Waals surface area contributed by atoms with E-state index in [1.807, 2.05) is 24.1 Å². The fourth-order valence-corrected chi connectivity index (χ4v) is 2.23. The molecule has 0 atom stereocenters. The van der Waals surface area contributed by atoms with Gasteiger partial charge in [0.15, 0.2) is 9.84 Å². The average Bonchev–Trinajstić information content (AvgIpc) is 2.29. The van der Waals surface area contributed by atoms with Crippen LogP contribution in [0.15, 0.2) is 29.2 Å². The van der Waals surface area contributed by atoms with E-state index in [2.05, 4.69) is 0 Å². The van der Waals surface area contributed by atoms with Crippen LogP contribution in [-0.4, -0.2) is 32.8 Å². The van der Waals surface area contributed by atoms with Crippen molar-refractivity contribution in [3.63, 3.8) is 0 Å². The van der Waals surface area contributed by atoms with Crippen molar-refractivity contribution >= 4 is 9.84 Å². The van der Waals surface area contributed by atoms with Gasteiger partial charge in [0, 0.05) is 13.2 Å². The van der Waals surface area contributed by atoms with Gasteiger partial charge in [0.05, 0.1) is 10.6 Å². The molecular weight excluding hydrogens is 224 g/mol. The zero-order valence-corrected chi connectivity index (χ0v) is 10.5. The Morgan fingerprint density at radius 2 is 1.81 bits per heavy atom. The van der Waals surface area contributed by atoms with E-state index < -0.39 is 9.84 Å². The Labute approximate surface area is 97.0 Å². The summed E-state index contributed by atoms with van der Waals surface area (Å²) in [6, 6.07) is 6.96. The Hall–Kier alpha value is -0.910. The first-order chi connectivity index (χ1) is 7.49. The highest BCUT2D eigenvalue weighted by atomic mass is 32.2. The van der Waals surface area contributed by atoms with Crippen LogP contribution in [0.25, 0.3) is 0 Å². The molecule has 4 nitrogen and oxygen atoms in total. The van der Waals surface area contributed by atoms with Crippen molar-refractivity contribution in [1.29, 1.82) is 0 Å². The fourth-order valence-electron chi connectivity index (χ4n) is 1.35. The number of hydrogen-bond donors (Lipinski definition) is 1. The molecule has 0 amide bonds. The molecule has 0 spiro atoms. The molecule has 16 heavy (non-hydrogen) atoms. The first-order valence-electron chi connectivity index (χ1n) is 5.20. The number of rotatable bonds is 5. The second-order valence-electron chi connectivity index (χ2n) is 3.74. The van der Waals surface area contributed by atoms with Crippen molar-refractivity contribution in [3.8, 4) is 0 Å². The monoisotopic (exact) mass is 242 g/mol. The minimum absolute atomic E-state index is 0.134. The lowest BCUT2D eigenvalue weighted by atomic mass is 10.2. The van der Waals surface area contributed by atoms with Gasteiger partial charge >= 0.3 is 0 Å². The normalized spacial score (nSPS) is 12.0. The topological polar surface area (TPSA) is 63.4 Å². The van der Waals surface area contributed by atoms with Crippen LogP contribution in [-0.2, 0) is 16.4 Å². The van der Waals surface area contributed by atoms with Gasteiger partial charge < -0.3 is 5.73 Å². The molecule has 0 radical (unpaired) electrons. The Morgan fingerprint density at radius 3 is 2.25 bits per heavy atom. The average molecular weight is 242 g/mol. The van der Waals surface area contributed by atoms with Crippen LogP contribution >= 0.6 is 0 Å². The standard InChI is InChI=1S/C11H18N2O2S/c1-3-16(14,15)11-6-4-10(5-7-11)8-13(2)9-12/h4-7H,3,8-9,12H2,1-2H3. The summed E-state index contributed by atoms with van der Waals surface area (Å²) >= 11 is 0. The van der Waals surface area contributed by atoms with Crippen molar-refractivity contribution in [2.75, 3.05) is 19.5 Å². The first-order valence-corrected chi connectivity index (χ1v) is 6.85. The summed E-state index contributed by atoms with van der Waals surface area (Å²) in [6.07, 6.45) is 0. The van der Waals surface area contributed by atoms with E-state index in [0.29, 0.717) is 11.6 Å². The summed E-state index contributed by atoms with van der Waals surface area (Å²) in [7, 11) is -1.17. The lowest BCUT2D eigenvalue weighted by Crippen LogP contribution is -2.24. The van der Waals surface area contributed by atoms with Crippen LogP contribution in [0.5, 0.6) is 0 Å². The molecule has 5 heteroatoms. The third-order valence-corrected chi connectivity index (χ3v) is 4.18. The number of nitrogens with two attached hydrogens (primary N) is 1. The quantitative estimate of drug-likeness (QED) is 0.777. The Bertz CT molecular complexity index is 426. The van der Waals surface area contributed by atoms with Crippen LogP contribution in [0, 0.1) is 0 Å². The van der Waals surface area contributed by atoms with E-state index in [-0.39, 0.29) is 5.75 Å². The van der Waals surface area contributed by atoms with Gasteiger partial charge in [0.2, 0.25) is 0 Å². The summed E-state index contributed by atoms with van der Waals surface area (Å²) in [4.78, 5) is 2.33. The maximum absolute atomic E-state index is 11.6. The van der Waals surface area contributed by atoms with E-state index in [0.717, 1.165) is 12.1 Å². The predicted molar refractivity (Wildman–Crippen MR) is 64.7 cm³/mol. The number of benzene rings is 1. The van der Waals surface area contributed by atoms with Gasteiger partial charge in [-0.15, -0.1) is 0 Å². The molecule has 0 bridgehead atoms. The van der Waals surface area contributed by atoms with Crippen LogP contribution in [0.4, 0.5) is 0 Å². The largest absolute Gasteiger partial charge is 0.318 e. The van der Waals surface area contributed by atoms with Gasteiger partial charge in [-0.25, -0.2) is 8.42 Å². The fraction of sp³-hybridized carbons (Fsp3) is 0.455. The molecule has 0 heterocycles. The van der Waals surface area contributed by atoms with Crippen LogP contribution in [0.3, 0.4) is 0 Å². The summed E-state index contributed by atoms with van der Waals surface area (Å²) in [5.41, 5.74) is 6.53. The van der Waals surface area contributed by atoms with Crippen molar-refractivity contribution in [2.24, 2.45) is 5.73 Å². The minimum atomic E-state index is -3.09. The maximum Gasteiger partial charge on any atom is 0.178 e. The van der Waals surface area contributed by atoms with Gasteiger partial charge in [-0.1, -0.05) is 19.1 Å². The highest BCUT2D eigenvalue weighted by molar-refractivity contribution is 7.91. The van der Waals surface area contributed by atoms with Gasteiger partial charge in [-0.3, -0.25) is 4.90 Å². The molecule has 2 N–H and O–H groups in total. The van der Waals surface area contributed by atoms with E-state index >= 15 is 0 Å². The first kappa shape index (κ1) is 13.2. The Morgan fingerprint density at radius 1 is 1.25 bits per heavy atom. The third-order valence-electron chi connectivity index (χ3n) is 2.43. The van der Waals surface area contributed by atoms with Crippen molar-refractivity contribution in [3.05, 3.63) is 29.8 Å². The summed E-state index contributed by atoms with van der Waals surface area (Å²) in [5.74, 6) is 0.134. The lowest BCUT2D eigenvalue weighted by Gasteiger charge is -2.13. The molecule has 0 unspecified atom stereocenters. The zero-order valence-electron chi connectivity index (χ0n) is 9.68. The SMILES string of the molecule is CCS(=O)(=O)c1ccc(CN(C)CN)cc1. The second kappa shape index (κ2) is 5.43. The van der Waals surface area contributed by atoms with E-state index in [4.69, 9.17) is 5.73 Å². The molecule has 0 aliphatic carbocycles. The Kier molecular flexibility index (Phi) is 4.46. The third kappa shape index (κ3) is 3.30. The molecule has 0 fully saturated rings. The molecule has 0 saturated heterocycles. The summed E-state index contributed by atoms with van der Waals surface area (Å²) < 4.78 is 23.1. The van der Waals surface area contributed by atoms with Gasteiger partial charge in [0.1, 0.15) is 0 Å². The number of nitrogens with zero attached hydrogens (tertiary/aromatic N) is 1. The van der Waals surface area contributed by atoms with Gasteiger partial charge in [-0.05, 0) is 24.7 Å². The van der Waals surface area contributed by atoms with Gasteiger partial charge in [0.25, 0.3) is 0 Å². The molecule has 90 valence electrons. The highest BCUT2D eigenvalue weighted by Crippen LogP contribution is 2.13. The van der Waals surface area contributed by atoms with Crippen molar-refractivity contribution < 1.29 is 8.42 Å². The smallest absolute Gasteiger partial charge is 0.178 e. The number of hydrogen-bond acceptors (Lipinski definition) is 4. The predicted octanol–water partition coefficient (Wildman–Crippen LogP) is 0.828. The molecule has 1 rings (SSSR count). The molecule has 1 aromatic rings. The summed E-state index contributed by atoms with van der Waals surface area (Å²) in [6.45, 7) is 2.85. The highest BCUT2D eigenvalue weighted by Gasteiger charge is 2.10. The zero-order chi connectivity index (χ0) is 12.2. The molecule has 0 saturated carbocycles. The number of sulfone groups is 1.